The summed E-state index contributed by atoms with van der Waals surface area (Å²) >= 11 is 0. The largest absolute Gasteiger partial charge is 0.325 e. The van der Waals surface area contributed by atoms with Crippen LogP contribution >= 0.6 is 0 Å². The van der Waals surface area contributed by atoms with Crippen LogP contribution in [0.5, 0.6) is 0 Å². The lowest BCUT2D eigenvalue weighted by Crippen LogP contribution is -2.31. The summed E-state index contributed by atoms with van der Waals surface area (Å²) in [4.78, 5) is 4.05. The van der Waals surface area contributed by atoms with E-state index < -0.39 is 0 Å². The van der Waals surface area contributed by atoms with Crippen molar-refractivity contribution in [1.29, 1.82) is 0 Å². The molecule has 0 saturated carbocycles. The molecule has 1 rings (SSSR count). The zero-order valence-electron chi connectivity index (χ0n) is 7.09. The molecule has 70 valence electrons. The first-order valence-corrected chi connectivity index (χ1v) is 3.71. The smallest absolute Gasteiger partial charge is 0.129 e. The standard InChI is InChI=1S/C7H12N6/c8-4-6-7(2-1-3-11-6)13(10)5-12-9/h1-3,5H,4,8-10H2/b12-5-. The van der Waals surface area contributed by atoms with Crippen LogP contribution in [0, 0.1) is 0 Å². The van der Waals surface area contributed by atoms with E-state index in [0.717, 1.165) is 0 Å². The quantitative estimate of drug-likeness (QED) is 0.242. The van der Waals surface area contributed by atoms with Gasteiger partial charge in [0.25, 0.3) is 0 Å². The van der Waals surface area contributed by atoms with Gasteiger partial charge in [0.1, 0.15) is 6.34 Å². The van der Waals surface area contributed by atoms with Gasteiger partial charge in [-0.2, -0.15) is 5.10 Å². The van der Waals surface area contributed by atoms with Crippen molar-refractivity contribution in [3.05, 3.63) is 24.0 Å². The number of rotatable bonds is 3. The first-order valence-electron chi connectivity index (χ1n) is 3.71. The van der Waals surface area contributed by atoms with E-state index in [2.05, 4.69) is 10.1 Å². The molecule has 0 bridgehead atoms. The molecule has 13 heavy (non-hydrogen) atoms. The van der Waals surface area contributed by atoms with Gasteiger partial charge in [-0.1, -0.05) is 0 Å². The van der Waals surface area contributed by atoms with Crippen molar-refractivity contribution in [2.75, 3.05) is 5.01 Å². The molecule has 0 aliphatic carbocycles. The maximum Gasteiger partial charge on any atom is 0.129 e. The Labute approximate surface area is 76.0 Å². The van der Waals surface area contributed by atoms with Gasteiger partial charge in [-0.15, -0.1) is 0 Å². The van der Waals surface area contributed by atoms with Crippen LogP contribution in [-0.2, 0) is 6.54 Å². The topological polar surface area (TPSA) is 107 Å². The van der Waals surface area contributed by atoms with Crippen LogP contribution in [0.3, 0.4) is 0 Å². The third kappa shape index (κ3) is 2.14. The Bertz CT molecular complexity index is 297. The minimum atomic E-state index is 0.322. The first kappa shape index (κ1) is 9.43. The van der Waals surface area contributed by atoms with Gasteiger partial charge < -0.3 is 11.6 Å². The number of pyridine rings is 1. The number of nitrogens with zero attached hydrogens (tertiary/aromatic N) is 3. The number of hydrogen-bond acceptors (Lipinski definition) is 5. The van der Waals surface area contributed by atoms with Crippen molar-refractivity contribution in [1.82, 2.24) is 4.98 Å². The minimum Gasteiger partial charge on any atom is -0.325 e. The fraction of sp³-hybridized carbons (Fsp3) is 0.143. The van der Waals surface area contributed by atoms with Crippen LogP contribution < -0.4 is 22.4 Å². The molecule has 0 amide bonds. The molecule has 0 saturated heterocycles. The number of anilines is 1. The summed E-state index contributed by atoms with van der Waals surface area (Å²) in [6, 6.07) is 3.55. The average molecular weight is 180 g/mol. The molecule has 1 heterocycles. The van der Waals surface area contributed by atoms with Gasteiger partial charge in [0.2, 0.25) is 0 Å². The summed E-state index contributed by atoms with van der Waals surface area (Å²) < 4.78 is 0. The van der Waals surface area contributed by atoms with Crippen LogP contribution in [0.1, 0.15) is 5.69 Å². The summed E-state index contributed by atoms with van der Waals surface area (Å²) in [6.07, 6.45) is 2.94. The van der Waals surface area contributed by atoms with Gasteiger partial charge in [-0.3, -0.25) is 9.99 Å². The van der Waals surface area contributed by atoms with E-state index in [0.29, 0.717) is 17.9 Å². The van der Waals surface area contributed by atoms with E-state index in [-0.39, 0.29) is 0 Å². The van der Waals surface area contributed by atoms with Gasteiger partial charge in [-0.05, 0) is 12.1 Å². The number of nitrogens with two attached hydrogens (primary N) is 3. The van der Waals surface area contributed by atoms with E-state index in [1.54, 1.807) is 18.3 Å². The first-order chi connectivity index (χ1) is 6.29. The molecule has 6 nitrogen and oxygen atoms in total. The van der Waals surface area contributed by atoms with Crippen LogP contribution in [0.4, 0.5) is 5.69 Å². The lowest BCUT2D eigenvalue weighted by Gasteiger charge is -2.14. The van der Waals surface area contributed by atoms with Gasteiger partial charge >= 0.3 is 0 Å². The van der Waals surface area contributed by atoms with E-state index >= 15 is 0 Å². The molecule has 6 heteroatoms. The maximum absolute atomic E-state index is 5.59. The second-order valence-corrected chi connectivity index (χ2v) is 2.35. The monoisotopic (exact) mass is 180 g/mol. The second kappa shape index (κ2) is 4.39. The predicted molar refractivity (Wildman–Crippen MR) is 51.5 cm³/mol. The van der Waals surface area contributed by atoms with Gasteiger partial charge in [0, 0.05) is 12.7 Å². The highest BCUT2D eigenvalue weighted by Crippen LogP contribution is 2.12. The highest BCUT2D eigenvalue weighted by Gasteiger charge is 2.04. The molecule has 0 unspecified atom stereocenters. The van der Waals surface area contributed by atoms with Crippen molar-refractivity contribution in [2.45, 2.75) is 6.54 Å². The Balaban J connectivity index is 2.98. The highest BCUT2D eigenvalue weighted by atomic mass is 15.4. The van der Waals surface area contributed by atoms with Crippen LogP contribution in [0.25, 0.3) is 0 Å². The van der Waals surface area contributed by atoms with E-state index in [1.807, 2.05) is 0 Å². The summed E-state index contributed by atoms with van der Waals surface area (Å²) in [5, 5.41) is 4.57. The molecule has 0 fully saturated rings. The number of hydrazone groups is 1. The highest BCUT2D eigenvalue weighted by molar-refractivity contribution is 5.78. The maximum atomic E-state index is 5.59. The number of hydrogen-bond donors (Lipinski definition) is 3. The van der Waals surface area contributed by atoms with Crippen molar-refractivity contribution in [2.24, 2.45) is 22.5 Å². The zero-order chi connectivity index (χ0) is 9.68. The van der Waals surface area contributed by atoms with Crippen LogP contribution in [0.2, 0.25) is 0 Å². The molecule has 1 aromatic heterocycles. The molecular formula is C7H12N6. The molecule has 6 N–H and O–H groups in total. The Morgan fingerprint density at radius 2 is 2.38 bits per heavy atom. The van der Waals surface area contributed by atoms with Crippen LogP contribution in [-0.4, -0.2) is 11.3 Å². The number of hydrazine groups is 1. The van der Waals surface area contributed by atoms with Crippen molar-refractivity contribution in [3.8, 4) is 0 Å². The van der Waals surface area contributed by atoms with E-state index in [9.17, 15) is 0 Å². The predicted octanol–water partition coefficient (Wildman–Crippen LogP) is -0.878. The molecule has 0 atom stereocenters. The molecule has 0 aliphatic rings. The van der Waals surface area contributed by atoms with Gasteiger partial charge in [0.05, 0.1) is 11.4 Å². The Kier molecular flexibility index (Phi) is 3.18. The Hall–Kier alpha value is -1.66. The average Bonchev–Trinajstić information content (AvgIpc) is 2.18. The van der Waals surface area contributed by atoms with Crippen molar-refractivity contribution < 1.29 is 0 Å². The second-order valence-electron chi connectivity index (χ2n) is 2.35. The van der Waals surface area contributed by atoms with Gasteiger partial charge in [-0.25, -0.2) is 5.84 Å². The molecule has 0 spiro atoms. The Morgan fingerprint density at radius 1 is 1.62 bits per heavy atom. The summed E-state index contributed by atoms with van der Waals surface area (Å²) in [5.74, 6) is 10.5. The van der Waals surface area contributed by atoms with Crippen LogP contribution in [0.15, 0.2) is 23.4 Å². The van der Waals surface area contributed by atoms with Gasteiger partial charge in [0.15, 0.2) is 0 Å². The van der Waals surface area contributed by atoms with E-state index in [4.69, 9.17) is 17.4 Å². The molecule has 0 aliphatic heterocycles. The number of aromatic nitrogens is 1. The summed E-state index contributed by atoms with van der Waals surface area (Å²) in [5.41, 5.74) is 6.86. The molecule has 0 radical (unpaired) electrons. The third-order valence-electron chi connectivity index (χ3n) is 1.53. The minimum absolute atomic E-state index is 0.322. The lowest BCUT2D eigenvalue weighted by atomic mass is 10.3. The van der Waals surface area contributed by atoms with Crippen molar-refractivity contribution in [3.63, 3.8) is 0 Å². The fourth-order valence-corrected chi connectivity index (χ4v) is 0.956. The molecule has 0 aromatic carbocycles. The fourth-order valence-electron chi connectivity index (χ4n) is 0.956. The zero-order valence-corrected chi connectivity index (χ0v) is 7.09. The van der Waals surface area contributed by atoms with E-state index in [1.165, 1.54) is 11.3 Å². The SMILES string of the molecule is NCc1ncccc1N(N)/C=N\N. The lowest BCUT2D eigenvalue weighted by molar-refractivity contribution is 0.966. The van der Waals surface area contributed by atoms with Crippen molar-refractivity contribution >= 4 is 12.0 Å². The third-order valence-corrected chi connectivity index (χ3v) is 1.53. The molecular weight excluding hydrogens is 168 g/mol. The molecule has 1 aromatic rings. The summed E-state index contributed by atoms with van der Waals surface area (Å²) in [6.45, 7) is 0.322. The summed E-state index contributed by atoms with van der Waals surface area (Å²) in [7, 11) is 0. The Morgan fingerprint density at radius 3 is 3.00 bits per heavy atom. The normalized spacial score (nSPS) is 10.6.